The lowest BCUT2D eigenvalue weighted by atomic mass is 9.82. The molecule has 4 aliphatic rings. The van der Waals surface area contributed by atoms with E-state index < -0.39 is 11.1 Å². The van der Waals surface area contributed by atoms with E-state index in [1.54, 1.807) is 14.1 Å². The highest BCUT2D eigenvalue weighted by Gasteiger charge is 2.51. The molecular weight excluding hydrogens is 780 g/mol. The molecule has 6 N–H and O–H groups in total. The number of nitrogens with zero attached hydrogens (tertiary/aromatic N) is 4. The second-order valence-corrected chi connectivity index (χ2v) is 16.5. The van der Waals surface area contributed by atoms with E-state index in [0.29, 0.717) is 28.6 Å². The summed E-state index contributed by atoms with van der Waals surface area (Å²) in [5.41, 5.74) is 14.5. The lowest BCUT2D eigenvalue weighted by molar-refractivity contribution is -0.130. The number of likely N-dealkylation sites (N-methyl/N-ethyl adjacent to an activating group) is 2. The van der Waals surface area contributed by atoms with Crippen LogP contribution in [-0.2, 0) is 25.5 Å². The van der Waals surface area contributed by atoms with Crippen molar-refractivity contribution in [2.45, 2.75) is 49.6 Å². The van der Waals surface area contributed by atoms with Crippen molar-refractivity contribution < 1.29 is 14.4 Å². The van der Waals surface area contributed by atoms with E-state index in [4.69, 9.17) is 23.1 Å². The number of nitrogens with two attached hydrogens (primary N) is 2. The molecule has 0 spiro atoms. The number of thiophene rings is 1. The molecule has 3 amide bonds. The Morgan fingerprint density at radius 1 is 0.746 bits per heavy atom. The summed E-state index contributed by atoms with van der Waals surface area (Å²) in [5, 5.41) is 8.91. The molecule has 11 nitrogen and oxygen atoms in total. The third-order valence-corrected chi connectivity index (χ3v) is 12.2. The van der Waals surface area contributed by atoms with Gasteiger partial charge in [0, 0.05) is 36.1 Å². The highest BCUT2D eigenvalue weighted by atomic mass is 35.5. The molecule has 3 aliphatic heterocycles. The summed E-state index contributed by atoms with van der Waals surface area (Å²) >= 11 is 7.61. The van der Waals surface area contributed by atoms with Gasteiger partial charge in [-0.15, -0.1) is 11.3 Å². The largest absolute Gasteiger partial charge is 0.369 e. The Labute approximate surface area is 354 Å². The van der Waals surface area contributed by atoms with Crippen LogP contribution in [0.3, 0.4) is 0 Å². The molecule has 2 atom stereocenters. The monoisotopic (exact) mass is 828 g/mol. The van der Waals surface area contributed by atoms with Gasteiger partial charge < -0.3 is 22.1 Å². The first-order valence-corrected chi connectivity index (χ1v) is 21.1. The molecule has 9 rings (SSSR count). The van der Waals surface area contributed by atoms with Crippen LogP contribution < -0.4 is 22.1 Å². The molecule has 1 aromatic heterocycles. The summed E-state index contributed by atoms with van der Waals surface area (Å²) in [6, 6.07) is 35.9. The molecule has 0 radical (unpaired) electrons. The molecule has 0 bridgehead atoms. The smallest absolute Gasteiger partial charge is 0.267 e. The fourth-order valence-corrected chi connectivity index (χ4v) is 8.71. The zero-order chi connectivity index (χ0) is 41.6. The molecule has 304 valence electrons. The minimum Gasteiger partial charge on any atom is -0.369 e. The number of aliphatic imine (C=N–C) groups is 2. The van der Waals surface area contributed by atoms with Gasteiger partial charge in [0.25, 0.3) is 11.8 Å². The van der Waals surface area contributed by atoms with Crippen LogP contribution in [0.1, 0.15) is 60.1 Å². The third kappa shape index (κ3) is 8.80. The van der Waals surface area contributed by atoms with Crippen LogP contribution in [0.2, 0.25) is 5.02 Å². The van der Waals surface area contributed by atoms with Crippen molar-refractivity contribution in [2.24, 2.45) is 27.4 Å². The van der Waals surface area contributed by atoms with Gasteiger partial charge >= 0.3 is 0 Å². The fraction of sp³-hybridized carbons (Fsp3) is 0.283. The highest BCUT2D eigenvalue weighted by Crippen LogP contribution is 2.44. The Bertz CT molecular complexity index is 2350. The van der Waals surface area contributed by atoms with Gasteiger partial charge in [-0.25, -0.2) is 9.98 Å². The van der Waals surface area contributed by atoms with Crippen molar-refractivity contribution in [1.82, 2.24) is 15.1 Å². The minimum absolute atomic E-state index is 0.00120. The second-order valence-electron chi connectivity index (χ2n) is 15.1. The van der Waals surface area contributed by atoms with Gasteiger partial charge in [0.2, 0.25) is 11.4 Å². The van der Waals surface area contributed by atoms with Gasteiger partial charge in [0.1, 0.15) is 0 Å². The Morgan fingerprint density at radius 2 is 1.32 bits per heavy atom. The number of amides is 3. The summed E-state index contributed by atoms with van der Waals surface area (Å²) in [5.74, 6) is 0.538. The molecule has 1 saturated carbocycles. The van der Waals surface area contributed by atoms with Crippen molar-refractivity contribution in [3.63, 3.8) is 0 Å². The summed E-state index contributed by atoms with van der Waals surface area (Å²) in [6.45, 7) is 2.50. The summed E-state index contributed by atoms with van der Waals surface area (Å²) in [4.78, 5) is 51.3. The standard InChI is InChI=1S/C21H22N4O2.C20H16ClN3OS.C5H11N/c1-25-19(27)21(24-20(25)22,15-6-3-2-4-7-15)16-8-5-9-17(13-16)23-18(26)12-14-10-11-14;1-24-18(25)20(23-19(24)22,15-7-3-2-4-8-15)17-11-14(12-26-17)13-6-5-9-16(21)10-13;1-2-4-6-5-3-1/h2-9,13-14H,10-12H2,1H3,(H2,22,24)(H,23,26);2-12H,1H3,(H2,22,23);6H,1-5H2. The number of nitrogens with one attached hydrogen (secondary N) is 2. The zero-order valence-electron chi connectivity index (χ0n) is 33.2. The Kier molecular flexibility index (Phi) is 12.6. The lowest BCUT2D eigenvalue weighted by Gasteiger charge is -2.26. The zero-order valence-corrected chi connectivity index (χ0v) is 34.8. The normalized spacial score (nSPS) is 21.1. The average Bonchev–Trinajstić information content (AvgIpc) is 3.80. The molecular formula is C46H49ClN8O3S. The molecule has 2 unspecified atom stereocenters. The van der Waals surface area contributed by atoms with Gasteiger partial charge in [-0.05, 0) is 108 Å². The molecule has 4 heterocycles. The van der Waals surface area contributed by atoms with E-state index in [9.17, 15) is 14.4 Å². The number of carbonyl (C=O) groups is 3. The number of guanidine groups is 2. The topological polar surface area (TPSA) is 159 Å². The first-order chi connectivity index (χ1) is 28.5. The number of anilines is 1. The summed E-state index contributed by atoms with van der Waals surface area (Å²) in [6.07, 6.45) is 7.01. The second kappa shape index (κ2) is 18.0. The summed E-state index contributed by atoms with van der Waals surface area (Å²) < 4.78 is 0. The maximum atomic E-state index is 13.2. The molecule has 4 aromatic carbocycles. The first kappa shape index (κ1) is 41.3. The van der Waals surface area contributed by atoms with E-state index in [2.05, 4.69) is 20.6 Å². The van der Waals surface area contributed by atoms with E-state index in [1.807, 2.05) is 121 Å². The molecule has 13 heteroatoms. The van der Waals surface area contributed by atoms with Crippen LogP contribution in [0.5, 0.6) is 0 Å². The van der Waals surface area contributed by atoms with Crippen LogP contribution in [0.25, 0.3) is 11.1 Å². The van der Waals surface area contributed by atoms with Crippen LogP contribution in [0.15, 0.2) is 131 Å². The molecule has 1 aliphatic carbocycles. The fourth-order valence-electron chi connectivity index (χ4n) is 7.44. The Balaban J connectivity index is 0.000000157. The van der Waals surface area contributed by atoms with Gasteiger partial charge in [0.05, 0.1) is 0 Å². The first-order valence-electron chi connectivity index (χ1n) is 19.9. The van der Waals surface area contributed by atoms with Gasteiger partial charge in [0.15, 0.2) is 17.5 Å². The molecule has 59 heavy (non-hydrogen) atoms. The molecule has 2 fully saturated rings. The lowest BCUT2D eigenvalue weighted by Crippen LogP contribution is -2.41. The van der Waals surface area contributed by atoms with Gasteiger partial charge in [-0.3, -0.25) is 24.2 Å². The van der Waals surface area contributed by atoms with Crippen LogP contribution in [0.4, 0.5) is 5.69 Å². The van der Waals surface area contributed by atoms with Crippen molar-refractivity contribution in [2.75, 3.05) is 32.5 Å². The number of halogens is 1. The van der Waals surface area contributed by atoms with Gasteiger partial charge in [-0.2, -0.15) is 0 Å². The number of benzene rings is 4. The van der Waals surface area contributed by atoms with Crippen LogP contribution in [-0.4, -0.2) is 66.6 Å². The van der Waals surface area contributed by atoms with Crippen molar-refractivity contribution in [1.29, 1.82) is 0 Å². The summed E-state index contributed by atoms with van der Waals surface area (Å²) in [7, 11) is 3.27. The Morgan fingerprint density at radius 3 is 1.85 bits per heavy atom. The number of carbonyl (C=O) groups excluding carboxylic acids is 3. The maximum absolute atomic E-state index is 13.2. The predicted molar refractivity (Wildman–Crippen MR) is 237 cm³/mol. The van der Waals surface area contributed by atoms with Crippen molar-refractivity contribution in [3.8, 4) is 11.1 Å². The maximum Gasteiger partial charge on any atom is 0.267 e. The van der Waals surface area contributed by atoms with Crippen LogP contribution in [0, 0.1) is 5.92 Å². The predicted octanol–water partition coefficient (Wildman–Crippen LogP) is 7.31. The van der Waals surface area contributed by atoms with Gasteiger partial charge in [-0.1, -0.05) is 103 Å². The average molecular weight is 829 g/mol. The quantitative estimate of drug-likeness (QED) is 0.128. The minimum atomic E-state index is -1.24. The van der Waals surface area contributed by atoms with E-state index in [-0.39, 0.29) is 29.6 Å². The molecule has 1 saturated heterocycles. The number of hydrogen-bond acceptors (Lipinski definition) is 9. The van der Waals surface area contributed by atoms with E-state index in [1.165, 1.54) is 53.5 Å². The van der Waals surface area contributed by atoms with E-state index in [0.717, 1.165) is 40.0 Å². The number of hydrogen-bond donors (Lipinski definition) is 4. The van der Waals surface area contributed by atoms with Crippen molar-refractivity contribution >= 4 is 58.3 Å². The van der Waals surface area contributed by atoms with Crippen LogP contribution >= 0.6 is 22.9 Å². The SMILES string of the molecule is C1CCNCC1.CN1C(=O)C(c2ccccc2)(c2cc(-c3cccc(Cl)c3)cs2)N=C1N.CN1C(=O)C(c2ccccc2)(c2cccc(NC(=O)CC3CC3)c2)N=C1N. The number of piperidine rings is 1. The van der Waals surface area contributed by atoms with E-state index >= 15 is 0 Å². The highest BCUT2D eigenvalue weighted by molar-refractivity contribution is 7.10. The van der Waals surface area contributed by atoms with Crippen molar-refractivity contribution in [3.05, 3.63) is 147 Å². The molecule has 5 aromatic rings. The number of rotatable bonds is 8. The third-order valence-electron chi connectivity index (χ3n) is 10.9. The Hall–Kier alpha value is -5.82.